The van der Waals surface area contributed by atoms with Crippen molar-refractivity contribution in [1.29, 1.82) is 0 Å². The van der Waals surface area contributed by atoms with Crippen LogP contribution < -0.4 is 104 Å². The van der Waals surface area contributed by atoms with Gasteiger partial charge in [-0.25, -0.2) is 0 Å². The molecule has 2 N–H and O–H groups in total. The number of ether oxygens (including phenoxy) is 1. The van der Waals surface area contributed by atoms with Crippen molar-refractivity contribution in [2.24, 2.45) is 5.11 Å². The molecular weight excluding hydrogens is 601 g/mol. The third-order valence-corrected chi connectivity index (χ3v) is 7.10. The molecule has 1 heterocycles. The summed E-state index contributed by atoms with van der Waals surface area (Å²) in [4.78, 5) is 15.3. The van der Waals surface area contributed by atoms with Crippen LogP contribution in [0, 0.1) is 12.1 Å². The molecule has 0 spiro atoms. The number of nitrogens with one attached hydrogen (secondary N) is 2. The summed E-state index contributed by atoms with van der Waals surface area (Å²) in [5.74, 6) is 0.236. The molecule has 0 aliphatic heterocycles. The Morgan fingerprint density at radius 1 is 1.07 bits per heavy atom. The van der Waals surface area contributed by atoms with Crippen LogP contribution in [0.5, 0.6) is 5.75 Å². The first-order valence-electron chi connectivity index (χ1n) is 12.7. The third-order valence-electron chi connectivity index (χ3n) is 6.40. The number of nitrogens with zero attached hydrogens (tertiary/aromatic N) is 6. The molecule has 5 rings (SSSR count). The molecule has 4 aromatic carbocycles. The SMILES string of the molecule is [N-]=[N+]=NCCCNCc1cn(CCCNC(=O)COc2c[c-]c3ccc4[c-]cc(S(=O)[O-])c5ccc2c3c45)nn1.[Na+].[Na+].[Na+]. The Labute approximate surface area is 317 Å². The minimum Gasteiger partial charge on any atom is -0.776 e. The Hall–Kier alpha value is -1.29. The first-order valence-corrected chi connectivity index (χ1v) is 13.8. The predicted octanol–water partition coefficient (Wildman–Crippen LogP) is -5.60. The van der Waals surface area contributed by atoms with Crippen LogP contribution in [-0.4, -0.2) is 55.9 Å². The van der Waals surface area contributed by atoms with Gasteiger partial charge in [-0.05, 0) is 29.8 Å². The van der Waals surface area contributed by atoms with E-state index in [9.17, 15) is 13.6 Å². The number of benzene rings is 4. The summed E-state index contributed by atoms with van der Waals surface area (Å²) in [6, 6.07) is 16.8. The molecule has 206 valence electrons. The van der Waals surface area contributed by atoms with Crippen molar-refractivity contribution in [2.45, 2.75) is 30.8 Å². The summed E-state index contributed by atoms with van der Waals surface area (Å²) < 4.78 is 31.1. The van der Waals surface area contributed by atoms with Crippen molar-refractivity contribution in [3.8, 4) is 5.75 Å². The molecule has 0 aliphatic carbocycles. The molecule has 43 heavy (non-hydrogen) atoms. The molecule has 16 heteroatoms. The summed E-state index contributed by atoms with van der Waals surface area (Å²) in [6.07, 6.45) is 3.27. The summed E-state index contributed by atoms with van der Waals surface area (Å²) >= 11 is -2.39. The molecule has 0 fully saturated rings. The fraction of sp³-hybridized carbons (Fsp3) is 0.296. The Morgan fingerprint density at radius 2 is 1.79 bits per heavy atom. The third kappa shape index (κ3) is 9.60. The Bertz CT molecular complexity index is 1730. The smallest absolute Gasteiger partial charge is 0.776 e. The van der Waals surface area contributed by atoms with Crippen molar-refractivity contribution in [2.75, 3.05) is 26.2 Å². The van der Waals surface area contributed by atoms with E-state index in [1.807, 2.05) is 24.4 Å². The van der Waals surface area contributed by atoms with Gasteiger partial charge in [-0.3, -0.25) is 13.7 Å². The van der Waals surface area contributed by atoms with E-state index in [0.717, 1.165) is 45.6 Å². The van der Waals surface area contributed by atoms with Gasteiger partial charge in [0.25, 0.3) is 5.91 Å². The van der Waals surface area contributed by atoms with Crippen LogP contribution >= 0.6 is 0 Å². The van der Waals surface area contributed by atoms with Gasteiger partial charge in [0.1, 0.15) is 0 Å². The number of carbonyl (C=O) groups excluding carboxylic acids is 1. The minimum atomic E-state index is -2.39. The van der Waals surface area contributed by atoms with Crippen LogP contribution in [0.3, 0.4) is 0 Å². The summed E-state index contributed by atoms with van der Waals surface area (Å²) in [5.41, 5.74) is 9.07. The van der Waals surface area contributed by atoms with Crippen molar-refractivity contribution in [3.05, 3.63) is 70.9 Å². The van der Waals surface area contributed by atoms with Gasteiger partial charge in [-0.15, -0.1) is 40.1 Å². The monoisotopic (exact) mass is 626 g/mol. The quantitative estimate of drug-likeness (QED) is 0.0181. The van der Waals surface area contributed by atoms with Crippen molar-refractivity contribution < 1.29 is 107 Å². The summed E-state index contributed by atoms with van der Waals surface area (Å²) in [6.45, 7) is 2.63. The second-order valence-corrected chi connectivity index (χ2v) is 9.97. The molecule has 0 saturated carbocycles. The maximum Gasteiger partial charge on any atom is 1.00 e. The van der Waals surface area contributed by atoms with Gasteiger partial charge in [0.15, 0.2) is 6.61 Å². The zero-order chi connectivity index (χ0) is 27.9. The van der Waals surface area contributed by atoms with E-state index in [0.29, 0.717) is 43.7 Å². The van der Waals surface area contributed by atoms with Crippen LogP contribution in [0.15, 0.2) is 52.6 Å². The standard InChI is InChI=1S/C27H26N8O4S.3Na/c28-33-31-13-1-11-29-15-20-16-35(34-32-20)14-2-12-30-25(36)17-39-23-9-5-18-3-4-19-6-10-24(40(37)38)22-8-7-21(23)26(18)27(19)22;;;/h3-4,7-10,16,29H,1-2,11-15,17H2,(H,30,36)(H,37,38);;;/q-2;3*+1/p-1. The zero-order valence-electron chi connectivity index (χ0n) is 24.4. The molecule has 0 bridgehead atoms. The van der Waals surface area contributed by atoms with Gasteiger partial charge in [0, 0.05) is 43.0 Å². The Kier molecular flexibility index (Phi) is 16.4. The van der Waals surface area contributed by atoms with Gasteiger partial charge < -0.3 is 19.9 Å². The van der Waals surface area contributed by atoms with Gasteiger partial charge in [-0.2, -0.15) is 22.9 Å². The van der Waals surface area contributed by atoms with Crippen molar-refractivity contribution >= 4 is 49.3 Å². The van der Waals surface area contributed by atoms with Gasteiger partial charge in [-0.1, -0.05) is 44.3 Å². The van der Waals surface area contributed by atoms with E-state index in [-0.39, 0.29) is 106 Å². The number of hydrogen-bond acceptors (Lipinski definition) is 8. The van der Waals surface area contributed by atoms with Gasteiger partial charge in [0.2, 0.25) is 0 Å². The Balaban J connectivity index is 0.00000215. The number of carbonyl (C=O) groups is 1. The Morgan fingerprint density at radius 3 is 2.53 bits per heavy atom. The first kappa shape index (κ1) is 37.9. The first-order chi connectivity index (χ1) is 19.5. The molecule has 1 atom stereocenters. The average Bonchev–Trinajstić information content (AvgIpc) is 3.42. The van der Waals surface area contributed by atoms with Gasteiger partial charge in [0.05, 0.1) is 5.69 Å². The maximum absolute atomic E-state index is 12.4. The number of aryl methyl sites for hydroxylation is 1. The summed E-state index contributed by atoms with van der Waals surface area (Å²) in [5, 5.41) is 22.4. The molecule has 0 saturated heterocycles. The molecule has 0 aliphatic rings. The van der Waals surface area contributed by atoms with Crippen LogP contribution in [-0.2, 0) is 29.0 Å². The second kappa shape index (κ2) is 18.6. The molecule has 1 unspecified atom stereocenters. The van der Waals surface area contributed by atoms with E-state index >= 15 is 0 Å². The van der Waals surface area contributed by atoms with Crippen molar-refractivity contribution in [1.82, 2.24) is 25.6 Å². The molecule has 5 aromatic rings. The maximum atomic E-state index is 12.4. The van der Waals surface area contributed by atoms with E-state index in [4.69, 9.17) is 10.3 Å². The molecule has 12 nitrogen and oxygen atoms in total. The number of hydrogen-bond donors (Lipinski definition) is 2. The fourth-order valence-corrected chi connectivity index (χ4v) is 5.08. The van der Waals surface area contributed by atoms with E-state index in [1.54, 1.807) is 16.8 Å². The number of azide groups is 1. The molecule has 1 aromatic heterocycles. The number of amides is 1. The van der Waals surface area contributed by atoms with Crippen LogP contribution in [0.1, 0.15) is 18.5 Å². The zero-order valence-corrected chi connectivity index (χ0v) is 31.2. The summed E-state index contributed by atoms with van der Waals surface area (Å²) in [7, 11) is 0. The van der Waals surface area contributed by atoms with Crippen LogP contribution in [0.4, 0.5) is 0 Å². The van der Waals surface area contributed by atoms with E-state index in [1.165, 1.54) is 6.07 Å². The largest absolute Gasteiger partial charge is 1.00 e. The number of aromatic nitrogens is 3. The minimum absolute atomic E-state index is 0. The predicted molar refractivity (Wildman–Crippen MR) is 148 cm³/mol. The second-order valence-electron chi connectivity index (χ2n) is 9.06. The van der Waals surface area contributed by atoms with Crippen LogP contribution in [0.25, 0.3) is 42.8 Å². The van der Waals surface area contributed by atoms with Gasteiger partial charge >= 0.3 is 88.7 Å². The average molecular weight is 627 g/mol. The van der Waals surface area contributed by atoms with E-state index in [2.05, 4.69) is 43.1 Å². The topological polar surface area (TPSA) is 170 Å². The van der Waals surface area contributed by atoms with Crippen molar-refractivity contribution in [3.63, 3.8) is 0 Å². The molecule has 0 radical (unpaired) electrons. The normalized spacial score (nSPS) is 11.3. The molecule has 1 amide bonds. The van der Waals surface area contributed by atoms with Crippen LogP contribution in [0.2, 0.25) is 0 Å². The fourth-order valence-electron chi connectivity index (χ4n) is 4.57. The molecular formula is C27H25N8Na3O4S. The van der Waals surface area contributed by atoms with E-state index < -0.39 is 11.1 Å². The number of rotatable bonds is 14.